The zero-order valence-corrected chi connectivity index (χ0v) is 13.8. The van der Waals surface area contributed by atoms with Crippen molar-refractivity contribution >= 4 is 11.8 Å². The van der Waals surface area contributed by atoms with Crippen molar-refractivity contribution in [2.24, 2.45) is 0 Å². The van der Waals surface area contributed by atoms with E-state index in [1.807, 2.05) is 32.9 Å². The number of ether oxygens (including phenoxy) is 1. The minimum absolute atomic E-state index is 0.199. The first-order valence-electron chi connectivity index (χ1n) is 7.28. The van der Waals surface area contributed by atoms with Crippen LogP contribution in [0, 0.1) is 0 Å². The summed E-state index contributed by atoms with van der Waals surface area (Å²) in [5.74, 6) is 3.23. The van der Waals surface area contributed by atoms with E-state index in [1.54, 1.807) is 11.8 Å². The quantitative estimate of drug-likeness (QED) is 0.758. The Balaban J connectivity index is 1.87. The van der Waals surface area contributed by atoms with Crippen LogP contribution in [0.4, 0.5) is 0 Å². The third-order valence-corrected chi connectivity index (χ3v) is 4.13. The van der Waals surface area contributed by atoms with Gasteiger partial charge in [-0.25, -0.2) is 0 Å². The third-order valence-electron chi connectivity index (χ3n) is 2.93. The number of rotatable bonds is 7. The molecule has 1 heterocycles. The number of aromatic nitrogens is 2. The van der Waals surface area contributed by atoms with Gasteiger partial charge in [0.15, 0.2) is 0 Å². The molecular formula is C16H22N2O2S. The van der Waals surface area contributed by atoms with Crippen molar-refractivity contribution in [3.8, 4) is 5.75 Å². The smallest absolute Gasteiger partial charge is 0.229 e. The van der Waals surface area contributed by atoms with Gasteiger partial charge in [-0.15, -0.1) is 22.0 Å². The van der Waals surface area contributed by atoms with E-state index in [4.69, 9.17) is 9.15 Å². The molecule has 1 atom stereocenters. The van der Waals surface area contributed by atoms with Gasteiger partial charge in [-0.1, -0.05) is 19.1 Å². The van der Waals surface area contributed by atoms with Crippen LogP contribution in [0.1, 0.15) is 50.3 Å². The normalized spacial score (nSPS) is 12.6. The molecule has 0 N–H and O–H groups in total. The first-order valence-corrected chi connectivity index (χ1v) is 8.32. The van der Waals surface area contributed by atoms with Crippen LogP contribution in [0.2, 0.25) is 0 Å². The maximum Gasteiger partial charge on any atom is 0.229 e. The van der Waals surface area contributed by atoms with E-state index in [9.17, 15) is 0 Å². The lowest BCUT2D eigenvalue weighted by Crippen LogP contribution is -2.05. The summed E-state index contributed by atoms with van der Waals surface area (Å²) in [5.41, 5.74) is 1.26. The van der Waals surface area contributed by atoms with Crippen molar-refractivity contribution in [1.29, 1.82) is 0 Å². The first-order chi connectivity index (χ1) is 10.1. The van der Waals surface area contributed by atoms with E-state index in [1.165, 1.54) is 5.56 Å². The monoisotopic (exact) mass is 306 g/mol. The van der Waals surface area contributed by atoms with Crippen LogP contribution in [0.3, 0.4) is 0 Å². The lowest BCUT2D eigenvalue weighted by atomic mass is 10.2. The Hall–Kier alpha value is -1.49. The van der Waals surface area contributed by atoms with Gasteiger partial charge in [-0.2, -0.15) is 0 Å². The Bertz CT molecular complexity index is 552. The van der Waals surface area contributed by atoms with Crippen LogP contribution >= 0.6 is 11.8 Å². The number of benzene rings is 1. The highest BCUT2D eigenvalue weighted by Gasteiger charge is 2.13. The van der Waals surface area contributed by atoms with Crippen molar-refractivity contribution < 1.29 is 9.15 Å². The molecule has 0 aliphatic heterocycles. The molecule has 5 heteroatoms. The van der Waals surface area contributed by atoms with Crippen LogP contribution in [-0.4, -0.2) is 16.3 Å². The van der Waals surface area contributed by atoms with E-state index in [0.717, 1.165) is 17.9 Å². The summed E-state index contributed by atoms with van der Waals surface area (Å²) in [4.78, 5) is 0. The number of thioether (sulfide) groups is 1. The highest BCUT2D eigenvalue weighted by Crippen LogP contribution is 2.30. The first kappa shape index (κ1) is 15.9. The van der Waals surface area contributed by atoms with Gasteiger partial charge in [-0.3, -0.25) is 0 Å². The SMILES string of the molecule is CCc1nnc([C@@H](C)SCc2ccc(OC(C)C)cc2)o1. The summed E-state index contributed by atoms with van der Waals surface area (Å²) < 4.78 is 11.2. The zero-order valence-electron chi connectivity index (χ0n) is 13.0. The Labute approximate surface area is 130 Å². The second-order valence-electron chi connectivity index (χ2n) is 5.15. The lowest BCUT2D eigenvalue weighted by molar-refractivity contribution is 0.242. The van der Waals surface area contributed by atoms with Crippen molar-refractivity contribution in [3.05, 3.63) is 41.6 Å². The molecular weight excluding hydrogens is 284 g/mol. The predicted octanol–water partition coefficient (Wildman–Crippen LogP) is 4.41. The standard InChI is InChI=1S/C16H22N2O2S/c1-5-15-17-18-16(20-15)12(4)21-10-13-6-8-14(9-7-13)19-11(2)3/h6-9,11-12H,5,10H2,1-4H3/t12-/m1/s1. The molecule has 0 radical (unpaired) electrons. The highest BCUT2D eigenvalue weighted by atomic mass is 32.2. The summed E-state index contributed by atoms with van der Waals surface area (Å²) in [7, 11) is 0. The average Bonchev–Trinajstić information content (AvgIpc) is 2.94. The van der Waals surface area contributed by atoms with Crippen molar-refractivity contribution in [1.82, 2.24) is 10.2 Å². The van der Waals surface area contributed by atoms with Gasteiger partial charge < -0.3 is 9.15 Å². The maximum absolute atomic E-state index is 5.64. The van der Waals surface area contributed by atoms with E-state index in [2.05, 4.69) is 29.3 Å². The molecule has 0 spiro atoms. The van der Waals surface area contributed by atoms with Crippen LogP contribution in [0.15, 0.2) is 28.7 Å². The molecule has 0 aliphatic carbocycles. The van der Waals surface area contributed by atoms with Gasteiger partial charge >= 0.3 is 0 Å². The number of aryl methyl sites for hydroxylation is 1. The molecule has 0 aliphatic rings. The fourth-order valence-corrected chi connectivity index (χ4v) is 2.68. The van der Waals surface area contributed by atoms with Gasteiger partial charge in [-0.05, 0) is 38.5 Å². The maximum atomic E-state index is 5.64. The second-order valence-corrected chi connectivity index (χ2v) is 6.48. The summed E-state index contributed by atoms with van der Waals surface area (Å²) in [6, 6.07) is 8.23. The molecule has 1 aromatic carbocycles. The van der Waals surface area contributed by atoms with Gasteiger partial charge in [0.25, 0.3) is 0 Å². The fourth-order valence-electron chi connectivity index (χ4n) is 1.80. The Morgan fingerprint density at radius 2 is 1.86 bits per heavy atom. The number of nitrogens with zero attached hydrogens (tertiary/aromatic N) is 2. The molecule has 0 amide bonds. The molecule has 21 heavy (non-hydrogen) atoms. The molecule has 0 saturated carbocycles. The van der Waals surface area contributed by atoms with Crippen LogP contribution in [0.5, 0.6) is 5.75 Å². The molecule has 2 rings (SSSR count). The molecule has 1 aromatic heterocycles. The van der Waals surface area contributed by atoms with Crippen molar-refractivity contribution in [3.63, 3.8) is 0 Å². The van der Waals surface area contributed by atoms with E-state index in [-0.39, 0.29) is 11.4 Å². The van der Waals surface area contributed by atoms with Crippen molar-refractivity contribution in [2.45, 2.75) is 51.2 Å². The van der Waals surface area contributed by atoms with Crippen LogP contribution in [0.25, 0.3) is 0 Å². The fraction of sp³-hybridized carbons (Fsp3) is 0.500. The number of hydrogen-bond acceptors (Lipinski definition) is 5. The molecule has 0 bridgehead atoms. The molecule has 0 saturated heterocycles. The Morgan fingerprint density at radius 1 is 1.14 bits per heavy atom. The summed E-state index contributed by atoms with van der Waals surface area (Å²) in [6.07, 6.45) is 0.984. The minimum atomic E-state index is 0.199. The van der Waals surface area contributed by atoms with E-state index >= 15 is 0 Å². The highest BCUT2D eigenvalue weighted by molar-refractivity contribution is 7.98. The molecule has 0 unspecified atom stereocenters. The number of hydrogen-bond donors (Lipinski definition) is 0. The van der Waals surface area contributed by atoms with Gasteiger partial charge in [0, 0.05) is 12.2 Å². The van der Waals surface area contributed by atoms with Crippen LogP contribution in [-0.2, 0) is 12.2 Å². The Morgan fingerprint density at radius 3 is 2.43 bits per heavy atom. The van der Waals surface area contributed by atoms with Gasteiger partial charge in [0.05, 0.1) is 11.4 Å². The zero-order chi connectivity index (χ0) is 15.2. The van der Waals surface area contributed by atoms with Crippen molar-refractivity contribution in [2.75, 3.05) is 0 Å². The molecule has 0 fully saturated rings. The summed E-state index contributed by atoms with van der Waals surface area (Å²) >= 11 is 1.79. The lowest BCUT2D eigenvalue weighted by Gasteiger charge is -2.10. The van der Waals surface area contributed by atoms with Crippen LogP contribution < -0.4 is 4.74 Å². The topological polar surface area (TPSA) is 48.2 Å². The second kappa shape index (κ2) is 7.50. The average molecular weight is 306 g/mol. The van der Waals surface area contributed by atoms with Gasteiger partial charge in [0.2, 0.25) is 11.8 Å². The predicted molar refractivity (Wildman–Crippen MR) is 85.6 cm³/mol. The van der Waals surface area contributed by atoms with Gasteiger partial charge in [0.1, 0.15) is 5.75 Å². The molecule has 114 valence electrons. The van der Waals surface area contributed by atoms with E-state index < -0.39 is 0 Å². The minimum Gasteiger partial charge on any atom is -0.491 e. The largest absolute Gasteiger partial charge is 0.491 e. The molecule has 2 aromatic rings. The summed E-state index contributed by atoms with van der Waals surface area (Å²) in [6.45, 7) is 8.16. The Kier molecular flexibility index (Phi) is 5.67. The van der Waals surface area contributed by atoms with E-state index in [0.29, 0.717) is 11.8 Å². The molecule has 4 nitrogen and oxygen atoms in total. The summed E-state index contributed by atoms with van der Waals surface area (Å²) in [5, 5.41) is 8.29. The third kappa shape index (κ3) is 4.77.